The maximum Gasteiger partial charge on any atom is 0.276 e. The van der Waals surface area contributed by atoms with Crippen molar-refractivity contribution >= 4 is 11.8 Å². The Morgan fingerprint density at radius 2 is 1.53 bits per heavy atom. The Kier molecular flexibility index (Phi) is 7.82. The molecule has 0 aliphatic carbocycles. The van der Waals surface area contributed by atoms with E-state index in [0.29, 0.717) is 18.7 Å². The lowest BCUT2D eigenvalue weighted by molar-refractivity contribution is -0.130. The molecule has 1 aliphatic heterocycles. The van der Waals surface area contributed by atoms with Gasteiger partial charge in [-0.1, -0.05) is 42.5 Å². The molecular formula is C23H29N3O4. The zero-order valence-electron chi connectivity index (χ0n) is 17.5. The topological polar surface area (TPSA) is 79.9 Å². The summed E-state index contributed by atoms with van der Waals surface area (Å²) in [6.07, 6.45) is 0.632. The van der Waals surface area contributed by atoms with Gasteiger partial charge < -0.3 is 9.47 Å². The molecule has 7 nitrogen and oxygen atoms in total. The number of hydrogen-bond acceptors (Lipinski definition) is 5. The quantitative estimate of drug-likeness (QED) is 0.684. The predicted octanol–water partition coefficient (Wildman–Crippen LogP) is 2.38. The van der Waals surface area contributed by atoms with Gasteiger partial charge in [-0.3, -0.25) is 25.3 Å². The fraction of sp³-hybridized carbons (Fsp3) is 0.391. The third-order valence-electron chi connectivity index (χ3n) is 4.82. The summed E-state index contributed by atoms with van der Waals surface area (Å²) in [5, 5.41) is 0. The number of hydrazine groups is 1. The van der Waals surface area contributed by atoms with Crippen molar-refractivity contribution in [3.63, 3.8) is 0 Å². The van der Waals surface area contributed by atoms with Gasteiger partial charge in [0.05, 0.1) is 12.2 Å². The molecule has 1 fully saturated rings. The van der Waals surface area contributed by atoms with Crippen molar-refractivity contribution in [1.82, 2.24) is 15.8 Å². The van der Waals surface area contributed by atoms with Crippen LogP contribution in [-0.2, 0) is 14.3 Å². The summed E-state index contributed by atoms with van der Waals surface area (Å²) in [5.41, 5.74) is 7.01. The standard InChI is InChI=1S/C23H29N3O4/c1-17-14-26(15-18(2)30-17)13-12-22(27)24-25-23(28)16-29-21-10-8-20(9-11-21)19-6-4-3-5-7-19/h3-11,17-18H,12-16H2,1-2H3,(H,24,27)(H,25,28)/t17-,18+. The van der Waals surface area contributed by atoms with Crippen LogP contribution in [0.15, 0.2) is 54.6 Å². The Labute approximate surface area is 177 Å². The van der Waals surface area contributed by atoms with Gasteiger partial charge in [0.2, 0.25) is 5.91 Å². The van der Waals surface area contributed by atoms with E-state index < -0.39 is 5.91 Å². The number of nitrogens with one attached hydrogen (secondary N) is 2. The molecule has 160 valence electrons. The van der Waals surface area contributed by atoms with E-state index in [1.165, 1.54) is 0 Å². The maximum atomic E-state index is 12.0. The Bertz CT molecular complexity index is 816. The molecule has 1 saturated heterocycles. The van der Waals surface area contributed by atoms with Crippen LogP contribution in [0.2, 0.25) is 0 Å². The second-order valence-electron chi connectivity index (χ2n) is 7.54. The molecule has 1 heterocycles. The number of benzene rings is 2. The second kappa shape index (κ2) is 10.8. The monoisotopic (exact) mass is 411 g/mol. The van der Waals surface area contributed by atoms with Gasteiger partial charge in [0.1, 0.15) is 5.75 Å². The van der Waals surface area contributed by atoms with Gasteiger partial charge >= 0.3 is 0 Å². The summed E-state index contributed by atoms with van der Waals surface area (Å²) in [5.74, 6) is -0.0572. The molecule has 1 aliphatic rings. The van der Waals surface area contributed by atoms with E-state index in [0.717, 1.165) is 24.2 Å². The molecule has 0 bridgehead atoms. The number of rotatable bonds is 7. The van der Waals surface area contributed by atoms with E-state index in [4.69, 9.17) is 9.47 Å². The zero-order chi connectivity index (χ0) is 21.3. The summed E-state index contributed by atoms with van der Waals surface area (Å²) in [6, 6.07) is 17.5. The first-order valence-corrected chi connectivity index (χ1v) is 10.2. The summed E-state index contributed by atoms with van der Waals surface area (Å²) in [6.45, 7) is 6.12. The van der Waals surface area contributed by atoms with Crippen LogP contribution in [0.5, 0.6) is 5.75 Å². The molecular weight excluding hydrogens is 382 g/mol. The lowest BCUT2D eigenvalue weighted by Gasteiger charge is -2.35. The molecule has 0 spiro atoms. The number of carbonyl (C=O) groups excluding carboxylic acids is 2. The van der Waals surface area contributed by atoms with E-state index in [-0.39, 0.29) is 24.7 Å². The highest BCUT2D eigenvalue weighted by atomic mass is 16.5. The molecule has 0 radical (unpaired) electrons. The molecule has 3 rings (SSSR count). The fourth-order valence-electron chi connectivity index (χ4n) is 3.49. The zero-order valence-corrected chi connectivity index (χ0v) is 17.5. The predicted molar refractivity (Wildman–Crippen MR) is 115 cm³/mol. The van der Waals surface area contributed by atoms with Gasteiger partial charge in [0.15, 0.2) is 6.61 Å². The first-order chi connectivity index (χ1) is 14.5. The first kappa shape index (κ1) is 21.8. The van der Waals surface area contributed by atoms with Crippen LogP contribution in [0, 0.1) is 0 Å². The van der Waals surface area contributed by atoms with Crippen molar-refractivity contribution in [3.05, 3.63) is 54.6 Å². The minimum absolute atomic E-state index is 0.162. The SMILES string of the molecule is C[C@@H]1CN(CCC(=O)NNC(=O)COc2ccc(-c3ccccc3)cc2)C[C@H](C)O1. The summed E-state index contributed by atoms with van der Waals surface area (Å²) < 4.78 is 11.2. The first-order valence-electron chi connectivity index (χ1n) is 10.2. The number of ether oxygens (including phenoxy) is 2. The third kappa shape index (κ3) is 6.86. The highest BCUT2D eigenvalue weighted by Gasteiger charge is 2.22. The van der Waals surface area contributed by atoms with Gasteiger partial charge in [0.25, 0.3) is 5.91 Å². The smallest absolute Gasteiger partial charge is 0.276 e. The van der Waals surface area contributed by atoms with Gasteiger partial charge in [-0.15, -0.1) is 0 Å². The molecule has 2 amide bonds. The maximum absolute atomic E-state index is 12.0. The van der Waals surface area contributed by atoms with Crippen LogP contribution in [0.1, 0.15) is 20.3 Å². The molecule has 7 heteroatoms. The molecule has 0 aromatic heterocycles. The van der Waals surface area contributed by atoms with Crippen molar-refractivity contribution in [1.29, 1.82) is 0 Å². The van der Waals surface area contributed by atoms with Gasteiger partial charge in [-0.25, -0.2) is 0 Å². The number of morpholine rings is 1. The van der Waals surface area contributed by atoms with Gasteiger partial charge in [-0.2, -0.15) is 0 Å². The van der Waals surface area contributed by atoms with Crippen molar-refractivity contribution in [3.8, 4) is 16.9 Å². The van der Waals surface area contributed by atoms with Crippen LogP contribution in [0.4, 0.5) is 0 Å². The Morgan fingerprint density at radius 1 is 0.933 bits per heavy atom. The average molecular weight is 412 g/mol. The van der Waals surface area contributed by atoms with E-state index in [1.807, 2.05) is 68.4 Å². The van der Waals surface area contributed by atoms with Crippen LogP contribution < -0.4 is 15.6 Å². The number of amides is 2. The highest BCUT2D eigenvalue weighted by Crippen LogP contribution is 2.21. The number of carbonyl (C=O) groups is 2. The summed E-state index contributed by atoms with van der Waals surface area (Å²) in [4.78, 5) is 26.1. The van der Waals surface area contributed by atoms with Crippen molar-refractivity contribution in [2.45, 2.75) is 32.5 Å². The molecule has 2 N–H and O–H groups in total. The summed E-state index contributed by atoms with van der Waals surface area (Å²) >= 11 is 0. The van der Waals surface area contributed by atoms with Crippen molar-refractivity contribution in [2.24, 2.45) is 0 Å². The lowest BCUT2D eigenvalue weighted by atomic mass is 10.1. The minimum atomic E-state index is -0.413. The van der Waals surface area contributed by atoms with E-state index in [9.17, 15) is 9.59 Å². The molecule has 2 aromatic rings. The normalized spacial score (nSPS) is 19.1. The van der Waals surface area contributed by atoms with Gasteiger partial charge in [0, 0.05) is 26.1 Å². The van der Waals surface area contributed by atoms with Crippen LogP contribution in [0.25, 0.3) is 11.1 Å². The lowest BCUT2D eigenvalue weighted by Crippen LogP contribution is -2.48. The Hall–Kier alpha value is -2.90. The number of hydrogen-bond donors (Lipinski definition) is 2. The highest BCUT2D eigenvalue weighted by molar-refractivity contribution is 5.82. The Balaban J connectivity index is 1.34. The average Bonchev–Trinajstić information content (AvgIpc) is 2.75. The molecule has 0 saturated carbocycles. The van der Waals surface area contributed by atoms with Crippen LogP contribution in [-0.4, -0.2) is 55.2 Å². The summed E-state index contributed by atoms with van der Waals surface area (Å²) in [7, 11) is 0. The van der Waals surface area contributed by atoms with Crippen molar-refractivity contribution < 1.29 is 19.1 Å². The largest absolute Gasteiger partial charge is 0.484 e. The molecule has 2 aromatic carbocycles. The third-order valence-corrected chi connectivity index (χ3v) is 4.82. The fourth-order valence-corrected chi connectivity index (χ4v) is 3.49. The van der Waals surface area contributed by atoms with Gasteiger partial charge in [-0.05, 0) is 37.1 Å². The minimum Gasteiger partial charge on any atom is -0.484 e. The molecule has 30 heavy (non-hydrogen) atoms. The van der Waals surface area contributed by atoms with Crippen molar-refractivity contribution in [2.75, 3.05) is 26.2 Å². The molecule has 0 unspecified atom stereocenters. The second-order valence-corrected chi connectivity index (χ2v) is 7.54. The Morgan fingerprint density at radius 3 is 2.20 bits per heavy atom. The van der Waals surface area contributed by atoms with Crippen LogP contribution >= 0.6 is 0 Å². The van der Waals surface area contributed by atoms with E-state index in [2.05, 4.69) is 15.8 Å². The molecule has 2 atom stereocenters. The van der Waals surface area contributed by atoms with Crippen LogP contribution in [0.3, 0.4) is 0 Å². The van der Waals surface area contributed by atoms with E-state index >= 15 is 0 Å². The van der Waals surface area contributed by atoms with E-state index in [1.54, 1.807) is 0 Å². The number of nitrogens with zero attached hydrogens (tertiary/aromatic N) is 1.